The van der Waals surface area contributed by atoms with Gasteiger partial charge in [-0.3, -0.25) is 0 Å². The highest BCUT2D eigenvalue weighted by molar-refractivity contribution is 7.80. The Balaban J connectivity index is 1.74. The molecule has 110 valence electrons. The van der Waals surface area contributed by atoms with Crippen LogP contribution in [0.3, 0.4) is 0 Å². The quantitative estimate of drug-likeness (QED) is 0.833. The smallest absolute Gasteiger partial charge is 0.170 e. The zero-order chi connectivity index (χ0) is 14.4. The molecule has 1 heterocycles. The van der Waals surface area contributed by atoms with Gasteiger partial charge in [-0.15, -0.1) is 0 Å². The molecule has 1 aromatic carbocycles. The molecular weight excluding hydrogens is 266 g/mol. The number of nitrogens with zero attached hydrogens (tertiary/aromatic N) is 1. The number of likely N-dealkylation sites (tertiary alicyclic amines) is 1. The minimum Gasteiger partial charge on any atom is -0.360 e. The standard InChI is InChI=1S/C16H25N3S/c1-3-10-19-11-8-15(9-12-19)18-16(20)17-14-6-4-13(2)5-7-14/h4-7,15H,3,8-12H2,1-2H3,(H2,17,18,20). The number of piperidine rings is 1. The van der Waals surface area contributed by atoms with Crippen LogP contribution in [0.2, 0.25) is 0 Å². The predicted molar refractivity (Wildman–Crippen MR) is 90.3 cm³/mol. The van der Waals surface area contributed by atoms with Crippen LogP contribution in [0, 0.1) is 6.92 Å². The Labute approximate surface area is 127 Å². The van der Waals surface area contributed by atoms with Gasteiger partial charge in [0.05, 0.1) is 0 Å². The normalized spacial score (nSPS) is 16.9. The zero-order valence-corrected chi connectivity index (χ0v) is 13.3. The Morgan fingerprint density at radius 3 is 2.50 bits per heavy atom. The summed E-state index contributed by atoms with van der Waals surface area (Å²) in [5.41, 5.74) is 2.31. The summed E-state index contributed by atoms with van der Waals surface area (Å²) in [7, 11) is 0. The van der Waals surface area contributed by atoms with Crippen LogP contribution < -0.4 is 10.6 Å². The highest BCUT2D eigenvalue weighted by atomic mass is 32.1. The van der Waals surface area contributed by atoms with Gasteiger partial charge < -0.3 is 15.5 Å². The van der Waals surface area contributed by atoms with Gasteiger partial charge in [0.1, 0.15) is 0 Å². The van der Waals surface area contributed by atoms with Gasteiger partial charge in [-0.05, 0) is 57.1 Å². The predicted octanol–water partition coefficient (Wildman–Crippen LogP) is 3.16. The average molecular weight is 291 g/mol. The number of hydrogen-bond acceptors (Lipinski definition) is 2. The molecule has 1 aliphatic rings. The Kier molecular flexibility index (Phi) is 5.80. The molecule has 1 fully saturated rings. The minimum absolute atomic E-state index is 0.508. The summed E-state index contributed by atoms with van der Waals surface area (Å²) in [6, 6.07) is 8.82. The van der Waals surface area contributed by atoms with Gasteiger partial charge in [-0.25, -0.2) is 0 Å². The fourth-order valence-corrected chi connectivity index (χ4v) is 2.89. The molecule has 1 saturated heterocycles. The van der Waals surface area contributed by atoms with Crippen molar-refractivity contribution in [1.29, 1.82) is 0 Å². The molecule has 0 aromatic heterocycles. The van der Waals surface area contributed by atoms with E-state index in [0.717, 1.165) is 10.8 Å². The van der Waals surface area contributed by atoms with Crippen LogP contribution in [0.1, 0.15) is 31.7 Å². The number of anilines is 1. The third kappa shape index (κ3) is 4.76. The maximum absolute atomic E-state index is 5.39. The van der Waals surface area contributed by atoms with Gasteiger partial charge in [0, 0.05) is 24.8 Å². The highest BCUT2D eigenvalue weighted by Gasteiger charge is 2.18. The van der Waals surface area contributed by atoms with Crippen molar-refractivity contribution in [3.63, 3.8) is 0 Å². The number of aryl methyl sites for hydroxylation is 1. The molecule has 0 aliphatic carbocycles. The molecule has 0 atom stereocenters. The largest absolute Gasteiger partial charge is 0.360 e. The summed E-state index contributed by atoms with van der Waals surface area (Å²) < 4.78 is 0. The number of benzene rings is 1. The first kappa shape index (κ1) is 15.3. The first-order valence-corrected chi connectivity index (χ1v) is 7.94. The molecular formula is C16H25N3S. The third-order valence-corrected chi connectivity index (χ3v) is 3.99. The van der Waals surface area contributed by atoms with E-state index in [0.29, 0.717) is 6.04 Å². The number of rotatable bonds is 4. The first-order valence-electron chi connectivity index (χ1n) is 7.54. The van der Waals surface area contributed by atoms with Gasteiger partial charge >= 0.3 is 0 Å². The number of nitrogens with one attached hydrogen (secondary N) is 2. The van der Waals surface area contributed by atoms with E-state index in [1.165, 1.54) is 44.5 Å². The van der Waals surface area contributed by atoms with E-state index < -0.39 is 0 Å². The van der Waals surface area contributed by atoms with Crippen molar-refractivity contribution in [2.45, 2.75) is 39.2 Å². The topological polar surface area (TPSA) is 27.3 Å². The van der Waals surface area contributed by atoms with E-state index in [1.54, 1.807) is 0 Å². The van der Waals surface area contributed by atoms with Crippen molar-refractivity contribution >= 4 is 23.0 Å². The zero-order valence-electron chi connectivity index (χ0n) is 12.5. The Hall–Kier alpha value is -1.13. The van der Waals surface area contributed by atoms with Crippen LogP contribution in [0.15, 0.2) is 24.3 Å². The van der Waals surface area contributed by atoms with Crippen LogP contribution in [0.25, 0.3) is 0 Å². The Bertz CT molecular complexity index is 422. The highest BCUT2D eigenvalue weighted by Crippen LogP contribution is 2.12. The first-order chi connectivity index (χ1) is 9.67. The molecule has 0 bridgehead atoms. The number of hydrogen-bond donors (Lipinski definition) is 2. The Morgan fingerprint density at radius 2 is 1.90 bits per heavy atom. The fraction of sp³-hybridized carbons (Fsp3) is 0.562. The lowest BCUT2D eigenvalue weighted by Crippen LogP contribution is -2.45. The van der Waals surface area contributed by atoms with Gasteiger partial charge in [-0.1, -0.05) is 24.6 Å². The van der Waals surface area contributed by atoms with Crippen molar-refractivity contribution in [3.05, 3.63) is 29.8 Å². The molecule has 0 unspecified atom stereocenters. The van der Waals surface area contributed by atoms with E-state index in [4.69, 9.17) is 12.2 Å². The number of thiocarbonyl (C=S) groups is 1. The summed E-state index contributed by atoms with van der Waals surface area (Å²) in [5.74, 6) is 0. The molecule has 2 N–H and O–H groups in total. The van der Waals surface area contributed by atoms with Crippen molar-refractivity contribution < 1.29 is 0 Å². The minimum atomic E-state index is 0.508. The summed E-state index contributed by atoms with van der Waals surface area (Å²) in [6.45, 7) is 7.91. The van der Waals surface area contributed by atoms with Crippen LogP contribution in [-0.4, -0.2) is 35.7 Å². The molecule has 20 heavy (non-hydrogen) atoms. The second-order valence-electron chi connectivity index (χ2n) is 5.58. The van der Waals surface area contributed by atoms with E-state index >= 15 is 0 Å². The van der Waals surface area contributed by atoms with Crippen molar-refractivity contribution in [1.82, 2.24) is 10.2 Å². The molecule has 0 saturated carbocycles. The van der Waals surface area contributed by atoms with Crippen molar-refractivity contribution in [2.24, 2.45) is 0 Å². The summed E-state index contributed by atoms with van der Waals surface area (Å²) >= 11 is 5.39. The van der Waals surface area contributed by atoms with Crippen molar-refractivity contribution in [3.8, 4) is 0 Å². The fourth-order valence-electron chi connectivity index (χ4n) is 2.61. The second kappa shape index (κ2) is 7.60. The molecule has 1 aromatic rings. The SMILES string of the molecule is CCCN1CCC(NC(=S)Nc2ccc(C)cc2)CC1. The van der Waals surface area contributed by atoms with Gasteiger partial charge in [0.2, 0.25) is 0 Å². The van der Waals surface area contributed by atoms with Gasteiger partial charge in [0.25, 0.3) is 0 Å². The van der Waals surface area contributed by atoms with E-state index in [9.17, 15) is 0 Å². The maximum atomic E-state index is 5.39. The van der Waals surface area contributed by atoms with E-state index in [-0.39, 0.29) is 0 Å². The van der Waals surface area contributed by atoms with Gasteiger partial charge in [0.15, 0.2) is 5.11 Å². The molecule has 3 nitrogen and oxygen atoms in total. The maximum Gasteiger partial charge on any atom is 0.170 e. The van der Waals surface area contributed by atoms with E-state index in [2.05, 4.69) is 53.6 Å². The average Bonchev–Trinajstić information content (AvgIpc) is 2.44. The van der Waals surface area contributed by atoms with Crippen LogP contribution >= 0.6 is 12.2 Å². The van der Waals surface area contributed by atoms with Crippen molar-refractivity contribution in [2.75, 3.05) is 25.0 Å². The lowest BCUT2D eigenvalue weighted by atomic mass is 10.1. The van der Waals surface area contributed by atoms with E-state index in [1.807, 2.05) is 0 Å². The second-order valence-corrected chi connectivity index (χ2v) is 5.99. The van der Waals surface area contributed by atoms with Crippen LogP contribution in [0.4, 0.5) is 5.69 Å². The molecule has 2 rings (SSSR count). The summed E-state index contributed by atoms with van der Waals surface area (Å²) in [5, 5.41) is 7.44. The molecule has 4 heteroatoms. The third-order valence-electron chi connectivity index (χ3n) is 3.77. The summed E-state index contributed by atoms with van der Waals surface area (Å²) in [6.07, 6.45) is 3.59. The molecule has 0 amide bonds. The molecule has 1 aliphatic heterocycles. The van der Waals surface area contributed by atoms with Gasteiger partial charge in [-0.2, -0.15) is 0 Å². The lowest BCUT2D eigenvalue weighted by Gasteiger charge is -2.32. The van der Waals surface area contributed by atoms with Crippen LogP contribution in [-0.2, 0) is 0 Å². The lowest BCUT2D eigenvalue weighted by molar-refractivity contribution is 0.207. The molecule has 0 radical (unpaired) electrons. The Morgan fingerprint density at radius 1 is 1.25 bits per heavy atom. The monoisotopic (exact) mass is 291 g/mol. The molecule has 0 spiro atoms. The van der Waals surface area contributed by atoms with Crippen LogP contribution in [0.5, 0.6) is 0 Å². The summed E-state index contributed by atoms with van der Waals surface area (Å²) in [4.78, 5) is 2.54.